The van der Waals surface area contributed by atoms with Crippen LogP contribution in [0.15, 0.2) is 30.3 Å². The van der Waals surface area contributed by atoms with Crippen LogP contribution in [-0.2, 0) is 16.0 Å². The summed E-state index contributed by atoms with van der Waals surface area (Å²) in [4.78, 5) is 24.5. The second kappa shape index (κ2) is 8.61. The van der Waals surface area contributed by atoms with Crippen LogP contribution in [0.5, 0.6) is 17.2 Å². The van der Waals surface area contributed by atoms with Crippen LogP contribution in [-0.4, -0.2) is 39.2 Å². The van der Waals surface area contributed by atoms with E-state index in [1.165, 1.54) is 0 Å². The summed E-state index contributed by atoms with van der Waals surface area (Å²) in [6.45, 7) is 2.61. The minimum atomic E-state index is -0.592. The van der Waals surface area contributed by atoms with Gasteiger partial charge in [0.1, 0.15) is 12.0 Å². The Morgan fingerprint density at radius 1 is 1.00 bits per heavy atom. The van der Waals surface area contributed by atoms with Crippen LogP contribution >= 0.6 is 0 Å². The third-order valence-corrected chi connectivity index (χ3v) is 6.05. The Labute approximate surface area is 182 Å². The zero-order valence-electron chi connectivity index (χ0n) is 18.3. The van der Waals surface area contributed by atoms with E-state index in [9.17, 15) is 9.59 Å². The lowest BCUT2D eigenvalue weighted by atomic mass is 9.99. The van der Waals surface area contributed by atoms with Crippen molar-refractivity contribution in [3.63, 3.8) is 0 Å². The number of rotatable bonds is 9. The molecule has 0 unspecified atom stereocenters. The average Bonchev–Trinajstić information content (AvgIpc) is 3.51. The maximum absolute atomic E-state index is 12.5. The molecular formula is C25H28O6. The predicted molar refractivity (Wildman–Crippen MR) is 116 cm³/mol. The van der Waals surface area contributed by atoms with Gasteiger partial charge in [0.2, 0.25) is 5.75 Å². The first-order valence-corrected chi connectivity index (χ1v) is 10.7. The van der Waals surface area contributed by atoms with Crippen LogP contribution in [0.1, 0.15) is 48.5 Å². The number of methoxy groups -OCH3 is 2. The Kier molecular flexibility index (Phi) is 5.90. The molecule has 0 atom stereocenters. The third kappa shape index (κ3) is 3.99. The van der Waals surface area contributed by atoms with E-state index in [1.807, 2.05) is 37.3 Å². The molecule has 6 nitrogen and oxygen atoms in total. The lowest BCUT2D eigenvalue weighted by molar-refractivity contribution is -0.151. The number of ether oxygens (including phenoxy) is 4. The molecule has 0 saturated heterocycles. The van der Waals surface area contributed by atoms with E-state index in [0.29, 0.717) is 30.3 Å². The second-order valence-corrected chi connectivity index (χ2v) is 8.18. The summed E-state index contributed by atoms with van der Waals surface area (Å²) in [6.07, 6.45) is 3.59. The van der Waals surface area contributed by atoms with Gasteiger partial charge in [-0.1, -0.05) is 25.1 Å². The summed E-state index contributed by atoms with van der Waals surface area (Å²) < 4.78 is 22.7. The summed E-state index contributed by atoms with van der Waals surface area (Å²) in [5, 5.41) is 0. The molecule has 2 aromatic carbocycles. The Morgan fingerprint density at radius 2 is 1.77 bits per heavy atom. The van der Waals surface area contributed by atoms with E-state index in [2.05, 4.69) is 0 Å². The van der Waals surface area contributed by atoms with Crippen molar-refractivity contribution in [2.75, 3.05) is 27.4 Å². The first-order valence-electron chi connectivity index (χ1n) is 10.7. The van der Waals surface area contributed by atoms with Crippen LogP contribution in [0.3, 0.4) is 0 Å². The molecule has 6 heteroatoms. The van der Waals surface area contributed by atoms with Crippen LogP contribution in [0.25, 0.3) is 11.1 Å². The monoisotopic (exact) mass is 424 g/mol. The normalized spacial score (nSPS) is 15.9. The number of esters is 1. The van der Waals surface area contributed by atoms with Gasteiger partial charge < -0.3 is 18.9 Å². The molecule has 0 heterocycles. The quantitative estimate of drug-likeness (QED) is 0.548. The number of hydrogen-bond donors (Lipinski definition) is 0. The molecule has 0 N–H and O–H groups in total. The van der Waals surface area contributed by atoms with Gasteiger partial charge in [0, 0.05) is 17.5 Å². The molecule has 0 bridgehead atoms. The number of carbonyl (C=O) groups is 2. The number of benzene rings is 2. The van der Waals surface area contributed by atoms with Gasteiger partial charge in [-0.3, -0.25) is 9.59 Å². The molecule has 0 radical (unpaired) electrons. The molecule has 31 heavy (non-hydrogen) atoms. The van der Waals surface area contributed by atoms with Gasteiger partial charge in [0.25, 0.3) is 0 Å². The standard InChI is InChI=1S/C25H28O6/c1-4-13-30-24(27)25(11-12-25)15-31-22-19(8-10-21(28-2)23(22)29-3)17-5-7-18-16(14-17)6-9-20(18)26/h5,7-8,10,14H,4,6,9,11-13,15H2,1-3H3. The fraction of sp³-hybridized carbons (Fsp3) is 0.440. The lowest BCUT2D eigenvalue weighted by Gasteiger charge is -2.21. The van der Waals surface area contributed by atoms with E-state index >= 15 is 0 Å². The number of aryl methyl sites for hydroxylation is 1. The molecule has 0 spiro atoms. The first kappa shape index (κ1) is 21.2. The average molecular weight is 424 g/mol. The van der Waals surface area contributed by atoms with Gasteiger partial charge in [-0.05, 0) is 48.9 Å². The summed E-state index contributed by atoms with van der Waals surface area (Å²) in [6, 6.07) is 9.60. The van der Waals surface area contributed by atoms with Crippen molar-refractivity contribution in [3.05, 3.63) is 41.5 Å². The zero-order valence-corrected chi connectivity index (χ0v) is 18.3. The molecule has 164 valence electrons. The molecule has 2 aromatic rings. The van der Waals surface area contributed by atoms with E-state index in [4.69, 9.17) is 18.9 Å². The van der Waals surface area contributed by atoms with Gasteiger partial charge in [-0.15, -0.1) is 0 Å². The summed E-state index contributed by atoms with van der Waals surface area (Å²) in [5.74, 6) is 1.55. The van der Waals surface area contributed by atoms with Gasteiger partial charge in [-0.2, -0.15) is 0 Å². The van der Waals surface area contributed by atoms with Crippen molar-refractivity contribution in [2.45, 2.75) is 39.0 Å². The number of ketones is 1. The molecule has 0 aliphatic heterocycles. The van der Waals surface area contributed by atoms with Crippen LogP contribution in [0.2, 0.25) is 0 Å². The summed E-state index contributed by atoms with van der Waals surface area (Å²) in [5.41, 5.74) is 3.01. The number of hydrogen-bond acceptors (Lipinski definition) is 6. The summed E-state index contributed by atoms with van der Waals surface area (Å²) in [7, 11) is 3.14. The molecule has 2 aliphatic carbocycles. The van der Waals surface area contributed by atoms with Gasteiger partial charge in [0.05, 0.1) is 20.8 Å². The largest absolute Gasteiger partial charge is 0.493 e. The third-order valence-electron chi connectivity index (χ3n) is 6.05. The van der Waals surface area contributed by atoms with Crippen molar-refractivity contribution >= 4 is 11.8 Å². The highest BCUT2D eigenvalue weighted by Gasteiger charge is 2.52. The first-order chi connectivity index (χ1) is 15.0. The van der Waals surface area contributed by atoms with E-state index < -0.39 is 5.41 Å². The molecule has 4 rings (SSSR count). The fourth-order valence-electron chi connectivity index (χ4n) is 4.01. The molecule has 0 aromatic heterocycles. The van der Waals surface area contributed by atoms with Crippen molar-refractivity contribution in [1.82, 2.24) is 0 Å². The zero-order chi connectivity index (χ0) is 22.0. The van der Waals surface area contributed by atoms with E-state index in [-0.39, 0.29) is 18.4 Å². The summed E-state index contributed by atoms with van der Waals surface area (Å²) >= 11 is 0. The van der Waals surface area contributed by atoms with E-state index in [0.717, 1.165) is 47.9 Å². The predicted octanol–water partition coefficient (Wildman–Crippen LogP) is 4.61. The number of fused-ring (bicyclic) bond motifs is 1. The highest BCUT2D eigenvalue weighted by molar-refractivity contribution is 6.01. The fourth-order valence-corrected chi connectivity index (χ4v) is 4.01. The van der Waals surface area contributed by atoms with Gasteiger partial charge >= 0.3 is 5.97 Å². The highest BCUT2D eigenvalue weighted by atomic mass is 16.5. The molecule has 1 fully saturated rings. The highest BCUT2D eigenvalue weighted by Crippen LogP contribution is 2.50. The van der Waals surface area contributed by atoms with Gasteiger partial charge in [-0.25, -0.2) is 0 Å². The molecular weight excluding hydrogens is 396 g/mol. The number of carbonyl (C=O) groups excluding carboxylic acids is 2. The Morgan fingerprint density at radius 3 is 2.45 bits per heavy atom. The van der Waals surface area contributed by atoms with Crippen LogP contribution in [0, 0.1) is 5.41 Å². The van der Waals surface area contributed by atoms with Crippen molar-refractivity contribution in [3.8, 4) is 28.4 Å². The van der Waals surface area contributed by atoms with Gasteiger partial charge in [0.15, 0.2) is 17.3 Å². The lowest BCUT2D eigenvalue weighted by Crippen LogP contribution is -2.26. The maximum Gasteiger partial charge on any atom is 0.315 e. The Balaban J connectivity index is 1.67. The minimum absolute atomic E-state index is 0.187. The maximum atomic E-state index is 12.5. The topological polar surface area (TPSA) is 71.1 Å². The Bertz CT molecular complexity index is 1010. The van der Waals surface area contributed by atoms with E-state index in [1.54, 1.807) is 14.2 Å². The molecule has 0 amide bonds. The Hall–Kier alpha value is -3.02. The second-order valence-electron chi connectivity index (χ2n) is 8.18. The molecule has 1 saturated carbocycles. The van der Waals surface area contributed by atoms with Crippen LogP contribution < -0.4 is 14.2 Å². The van der Waals surface area contributed by atoms with Crippen molar-refractivity contribution in [2.24, 2.45) is 5.41 Å². The smallest absolute Gasteiger partial charge is 0.315 e. The SMILES string of the molecule is CCCOC(=O)C1(COc2c(-c3ccc4c(c3)CCC4=O)ccc(OC)c2OC)CC1. The molecule has 2 aliphatic rings. The minimum Gasteiger partial charge on any atom is -0.493 e. The van der Waals surface area contributed by atoms with Crippen molar-refractivity contribution < 1.29 is 28.5 Å². The van der Waals surface area contributed by atoms with Crippen molar-refractivity contribution in [1.29, 1.82) is 0 Å². The number of Topliss-reactive ketones (excluding diaryl/α,β-unsaturated/α-hetero) is 1. The van der Waals surface area contributed by atoms with Crippen LogP contribution in [0.4, 0.5) is 0 Å².